The molecule has 2 fully saturated rings. The highest BCUT2D eigenvalue weighted by atomic mass is 16.5. The Kier molecular flexibility index (Phi) is 3.96. The predicted octanol–water partition coefficient (Wildman–Crippen LogP) is 2.87. The monoisotopic (exact) mass is 245 g/mol. The Bertz CT molecular complexity index is 361. The molecular weight excluding hydrogens is 222 g/mol. The smallest absolute Gasteiger partial charge is 0.0705 e. The summed E-state index contributed by atoms with van der Waals surface area (Å²) in [5.41, 5.74) is 1.43. The van der Waals surface area contributed by atoms with Gasteiger partial charge in [0.15, 0.2) is 0 Å². The lowest BCUT2D eigenvalue weighted by atomic mass is 9.90. The molecule has 1 aliphatic carbocycles. The van der Waals surface area contributed by atoms with Crippen molar-refractivity contribution in [3.63, 3.8) is 0 Å². The molecule has 1 heterocycles. The average molecular weight is 245 g/mol. The highest BCUT2D eigenvalue weighted by Crippen LogP contribution is 2.26. The number of hydrogen-bond donors (Lipinski definition) is 0. The maximum Gasteiger partial charge on any atom is 0.0705 e. The van der Waals surface area contributed by atoms with Crippen molar-refractivity contribution in [2.45, 2.75) is 44.2 Å². The summed E-state index contributed by atoms with van der Waals surface area (Å²) < 4.78 is 5.91. The first kappa shape index (κ1) is 12.2. The minimum absolute atomic E-state index is 0.444. The van der Waals surface area contributed by atoms with Crippen molar-refractivity contribution in [1.29, 1.82) is 0 Å². The number of hydrogen-bond acceptors (Lipinski definition) is 2. The third kappa shape index (κ3) is 2.93. The van der Waals surface area contributed by atoms with Crippen LogP contribution in [0.1, 0.15) is 31.2 Å². The van der Waals surface area contributed by atoms with Gasteiger partial charge in [0.2, 0.25) is 0 Å². The largest absolute Gasteiger partial charge is 0.376 e. The minimum Gasteiger partial charge on any atom is -0.376 e. The van der Waals surface area contributed by atoms with E-state index in [0.717, 1.165) is 38.6 Å². The Morgan fingerprint density at radius 1 is 1.17 bits per heavy atom. The van der Waals surface area contributed by atoms with Gasteiger partial charge in [-0.15, -0.1) is 0 Å². The summed E-state index contributed by atoms with van der Waals surface area (Å²) in [6.07, 6.45) is 6.99. The van der Waals surface area contributed by atoms with E-state index in [1.165, 1.54) is 24.8 Å². The van der Waals surface area contributed by atoms with Gasteiger partial charge in [0.05, 0.1) is 12.7 Å². The van der Waals surface area contributed by atoms with Crippen LogP contribution in [0.5, 0.6) is 0 Å². The molecule has 0 N–H and O–H groups in total. The van der Waals surface area contributed by atoms with Crippen molar-refractivity contribution in [2.24, 2.45) is 0 Å². The fourth-order valence-corrected chi connectivity index (χ4v) is 2.97. The van der Waals surface area contributed by atoms with E-state index in [-0.39, 0.29) is 0 Å². The van der Waals surface area contributed by atoms with Gasteiger partial charge in [-0.1, -0.05) is 36.8 Å². The quantitative estimate of drug-likeness (QED) is 0.809. The van der Waals surface area contributed by atoms with Crippen LogP contribution in [0, 0.1) is 0 Å². The molecule has 1 aromatic carbocycles. The van der Waals surface area contributed by atoms with E-state index in [0.29, 0.717) is 6.10 Å². The highest BCUT2D eigenvalue weighted by Gasteiger charge is 2.29. The molecule has 0 unspecified atom stereocenters. The third-order valence-electron chi connectivity index (χ3n) is 4.36. The topological polar surface area (TPSA) is 12.5 Å². The molecule has 0 amide bonds. The van der Waals surface area contributed by atoms with Crippen molar-refractivity contribution >= 4 is 0 Å². The Morgan fingerprint density at radius 3 is 2.72 bits per heavy atom. The lowest BCUT2D eigenvalue weighted by Gasteiger charge is -2.42. The number of aryl methyl sites for hydroxylation is 1. The molecule has 18 heavy (non-hydrogen) atoms. The van der Waals surface area contributed by atoms with Gasteiger partial charge in [0, 0.05) is 19.1 Å². The number of ether oxygens (including phenoxy) is 1. The lowest BCUT2D eigenvalue weighted by molar-refractivity contribution is -0.0575. The van der Waals surface area contributed by atoms with Crippen LogP contribution in [0.15, 0.2) is 30.3 Å². The minimum atomic E-state index is 0.444. The highest BCUT2D eigenvalue weighted by molar-refractivity contribution is 5.14. The summed E-state index contributed by atoms with van der Waals surface area (Å²) in [4.78, 5) is 2.66. The molecule has 2 heteroatoms. The molecule has 0 aromatic heterocycles. The van der Waals surface area contributed by atoms with E-state index in [1.54, 1.807) is 0 Å². The Hall–Kier alpha value is -0.860. The average Bonchev–Trinajstić information content (AvgIpc) is 2.36. The molecule has 1 aromatic rings. The fourth-order valence-electron chi connectivity index (χ4n) is 2.97. The van der Waals surface area contributed by atoms with Crippen molar-refractivity contribution in [1.82, 2.24) is 4.90 Å². The standard InChI is InChI=1S/C16H23NO/c1-2-5-14(6-3-1)9-10-16-13-17(11-12-18-16)15-7-4-8-15/h1-3,5-6,15-16H,4,7-13H2/t16-/m0/s1. The Balaban J connectivity index is 1.47. The first-order chi connectivity index (χ1) is 8.92. The van der Waals surface area contributed by atoms with Crippen molar-refractivity contribution in [3.05, 3.63) is 35.9 Å². The predicted molar refractivity (Wildman–Crippen MR) is 73.7 cm³/mol. The summed E-state index contributed by atoms with van der Waals surface area (Å²) >= 11 is 0. The van der Waals surface area contributed by atoms with Gasteiger partial charge in [-0.25, -0.2) is 0 Å². The molecule has 2 nitrogen and oxygen atoms in total. The lowest BCUT2D eigenvalue weighted by Crippen LogP contribution is -2.50. The molecule has 2 aliphatic rings. The van der Waals surface area contributed by atoms with Crippen LogP contribution in [0.25, 0.3) is 0 Å². The number of rotatable bonds is 4. The van der Waals surface area contributed by atoms with Gasteiger partial charge >= 0.3 is 0 Å². The van der Waals surface area contributed by atoms with Gasteiger partial charge in [-0.05, 0) is 31.2 Å². The second kappa shape index (κ2) is 5.85. The molecule has 1 saturated heterocycles. The van der Waals surface area contributed by atoms with Gasteiger partial charge < -0.3 is 4.74 Å². The molecule has 98 valence electrons. The molecule has 1 saturated carbocycles. The van der Waals surface area contributed by atoms with Crippen LogP contribution in [-0.2, 0) is 11.2 Å². The first-order valence-electron chi connectivity index (χ1n) is 7.31. The van der Waals surface area contributed by atoms with E-state index in [1.807, 2.05) is 0 Å². The molecule has 0 radical (unpaired) electrons. The van der Waals surface area contributed by atoms with Crippen molar-refractivity contribution in [3.8, 4) is 0 Å². The second-order valence-corrected chi connectivity index (χ2v) is 5.60. The summed E-state index contributed by atoms with van der Waals surface area (Å²) in [5, 5.41) is 0. The normalized spacial score (nSPS) is 25.9. The summed E-state index contributed by atoms with van der Waals surface area (Å²) in [6.45, 7) is 3.22. The van der Waals surface area contributed by atoms with Gasteiger partial charge in [0.1, 0.15) is 0 Å². The van der Waals surface area contributed by atoms with Crippen LogP contribution < -0.4 is 0 Å². The van der Waals surface area contributed by atoms with E-state index < -0.39 is 0 Å². The SMILES string of the molecule is c1ccc(CC[C@H]2CN(C3CCC3)CCO2)cc1. The summed E-state index contributed by atoms with van der Waals surface area (Å²) in [5.74, 6) is 0. The van der Waals surface area contributed by atoms with Gasteiger partial charge in [-0.3, -0.25) is 4.90 Å². The Morgan fingerprint density at radius 2 is 2.00 bits per heavy atom. The van der Waals surface area contributed by atoms with Crippen LogP contribution >= 0.6 is 0 Å². The molecular formula is C16H23NO. The maximum absolute atomic E-state index is 5.91. The number of nitrogens with zero attached hydrogens (tertiary/aromatic N) is 1. The van der Waals surface area contributed by atoms with Crippen LogP contribution in [-0.4, -0.2) is 36.7 Å². The second-order valence-electron chi connectivity index (χ2n) is 5.60. The number of benzene rings is 1. The van der Waals surface area contributed by atoms with Crippen LogP contribution in [0.3, 0.4) is 0 Å². The first-order valence-corrected chi connectivity index (χ1v) is 7.31. The zero-order chi connectivity index (χ0) is 12.2. The van der Waals surface area contributed by atoms with E-state index in [2.05, 4.69) is 35.2 Å². The van der Waals surface area contributed by atoms with E-state index in [4.69, 9.17) is 4.74 Å². The van der Waals surface area contributed by atoms with Crippen molar-refractivity contribution in [2.75, 3.05) is 19.7 Å². The fraction of sp³-hybridized carbons (Fsp3) is 0.625. The van der Waals surface area contributed by atoms with E-state index >= 15 is 0 Å². The van der Waals surface area contributed by atoms with E-state index in [9.17, 15) is 0 Å². The maximum atomic E-state index is 5.91. The Labute approximate surface area is 110 Å². The molecule has 1 atom stereocenters. The van der Waals surface area contributed by atoms with Gasteiger partial charge in [-0.2, -0.15) is 0 Å². The zero-order valence-electron chi connectivity index (χ0n) is 11.1. The molecule has 3 rings (SSSR count). The number of morpholine rings is 1. The zero-order valence-corrected chi connectivity index (χ0v) is 11.1. The van der Waals surface area contributed by atoms with Crippen molar-refractivity contribution < 1.29 is 4.74 Å². The summed E-state index contributed by atoms with van der Waals surface area (Å²) in [6, 6.07) is 11.6. The molecule has 0 spiro atoms. The third-order valence-corrected chi connectivity index (χ3v) is 4.36. The summed E-state index contributed by atoms with van der Waals surface area (Å²) in [7, 11) is 0. The van der Waals surface area contributed by atoms with Gasteiger partial charge in [0.25, 0.3) is 0 Å². The molecule has 0 bridgehead atoms. The van der Waals surface area contributed by atoms with Crippen LogP contribution in [0.4, 0.5) is 0 Å². The van der Waals surface area contributed by atoms with Crippen LogP contribution in [0.2, 0.25) is 0 Å². The molecule has 1 aliphatic heterocycles.